The van der Waals surface area contributed by atoms with Gasteiger partial charge in [0.1, 0.15) is 0 Å². The van der Waals surface area contributed by atoms with Crippen LogP contribution in [0.25, 0.3) is 0 Å². The van der Waals surface area contributed by atoms with Crippen molar-refractivity contribution in [2.45, 2.75) is 103 Å². The minimum Gasteiger partial charge on any atom is -0.348 e. The second-order valence-corrected chi connectivity index (χ2v) is 8.69. The normalized spacial score (nSPS) is 11.6. The highest BCUT2D eigenvalue weighted by Crippen LogP contribution is 2.16. The van der Waals surface area contributed by atoms with Crippen molar-refractivity contribution in [2.24, 2.45) is 0 Å². The summed E-state index contributed by atoms with van der Waals surface area (Å²) in [6, 6.07) is 20.7. The number of rotatable bonds is 19. The maximum Gasteiger partial charge on any atom is 0.158 e. The van der Waals surface area contributed by atoms with Gasteiger partial charge in [0.25, 0.3) is 0 Å². The van der Waals surface area contributed by atoms with Crippen LogP contribution in [0.4, 0.5) is 0 Å². The van der Waals surface area contributed by atoms with Gasteiger partial charge in [0, 0.05) is 0 Å². The second kappa shape index (κ2) is 18.7. The Hall–Kier alpha value is -1.90. The van der Waals surface area contributed by atoms with Gasteiger partial charge in [-0.15, -0.1) is 0 Å². The molecule has 0 saturated heterocycles. The summed E-state index contributed by atoms with van der Waals surface area (Å²) in [5.74, 6) is 0. The Labute approximate surface area is 197 Å². The van der Waals surface area contributed by atoms with E-state index >= 15 is 0 Å². The molecule has 0 amide bonds. The highest BCUT2D eigenvalue weighted by atomic mass is 16.7. The molecule has 0 fully saturated rings. The number of hydrogen-bond acceptors (Lipinski definition) is 2. The summed E-state index contributed by atoms with van der Waals surface area (Å²) in [7, 11) is 0. The third-order valence-corrected chi connectivity index (χ3v) is 5.76. The summed E-state index contributed by atoms with van der Waals surface area (Å²) in [6.07, 6.45) is 19.8. The first-order chi connectivity index (χ1) is 15.9. The van der Waals surface area contributed by atoms with Crippen molar-refractivity contribution in [2.75, 3.05) is 0 Å². The number of ether oxygens (including phenoxy) is 2. The number of benzene rings is 2. The Bertz CT molecular complexity index is 637. The minimum atomic E-state index is -0.144. The highest BCUT2D eigenvalue weighted by Gasteiger charge is 2.10. The number of allylic oxidation sites excluding steroid dienone is 2. The fourth-order valence-corrected chi connectivity index (χ4v) is 3.76. The molecule has 2 heteroatoms. The maximum atomic E-state index is 6.13. The molecular formula is C30H44O2. The molecule has 0 radical (unpaired) electrons. The molecule has 0 aliphatic carbocycles. The summed E-state index contributed by atoms with van der Waals surface area (Å²) < 4.78 is 12.3. The second-order valence-electron chi connectivity index (χ2n) is 8.69. The van der Waals surface area contributed by atoms with E-state index in [1.165, 1.54) is 75.3 Å². The van der Waals surface area contributed by atoms with E-state index in [2.05, 4.69) is 67.6 Å². The molecule has 176 valence electrons. The molecule has 2 nitrogen and oxygen atoms in total. The average molecular weight is 437 g/mol. The average Bonchev–Trinajstić information content (AvgIpc) is 2.84. The zero-order valence-corrected chi connectivity index (χ0v) is 20.2. The standard InChI is InChI=1S/C30H44O2/c1-2-3-4-5-6-7-8-9-10-11-12-13-20-25-30(31-26-28-21-16-14-17-22-28)32-27-29-23-18-15-19-24-29/h5-6,14-19,21-24,30H,2-4,7-13,20,25-27H2,1H3/b6-5-. The van der Waals surface area contributed by atoms with Crippen molar-refractivity contribution >= 4 is 0 Å². The molecule has 2 aromatic carbocycles. The monoisotopic (exact) mass is 436 g/mol. The maximum absolute atomic E-state index is 6.13. The van der Waals surface area contributed by atoms with Crippen LogP contribution < -0.4 is 0 Å². The van der Waals surface area contributed by atoms with Gasteiger partial charge in [0.15, 0.2) is 6.29 Å². The smallest absolute Gasteiger partial charge is 0.158 e. The van der Waals surface area contributed by atoms with Crippen LogP contribution in [0.15, 0.2) is 72.8 Å². The SMILES string of the molecule is CCCC/C=C\CCCCCCCCCC(OCc1ccccc1)OCc1ccccc1. The molecular weight excluding hydrogens is 392 g/mol. The van der Waals surface area contributed by atoms with Crippen LogP contribution in [0, 0.1) is 0 Å². The van der Waals surface area contributed by atoms with Crippen molar-refractivity contribution in [3.8, 4) is 0 Å². The molecule has 0 spiro atoms. The fraction of sp³-hybridized carbons (Fsp3) is 0.533. The molecule has 0 N–H and O–H groups in total. The van der Waals surface area contributed by atoms with Crippen LogP contribution in [0.2, 0.25) is 0 Å². The van der Waals surface area contributed by atoms with Crippen LogP contribution in [0.1, 0.15) is 95.1 Å². The lowest BCUT2D eigenvalue weighted by Gasteiger charge is -2.19. The van der Waals surface area contributed by atoms with Crippen LogP contribution in [0.5, 0.6) is 0 Å². The minimum absolute atomic E-state index is 0.144. The summed E-state index contributed by atoms with van der Waals surface area (Å²) in [5.41, 5.74) is 2.39. The molecule has 0 aliphatic rings. The lowest BCUT2D eigenvalue weighted by molar-refractivity contribution is -0.160. The van der Waals surface area contributed by atoms with Crippen LogP contribution in [-0.2, 0) is 22.7 Å². The number of unbranched alkanes of at least 4 members (excludes halogenated alkanes) is 9. The van der Waals surface area contributed by atoms with Gasteiger partial charge in [0.2, 0.25) is 0 Å². The van der Waals surface area contributed by atoms with Gasteiger partial charge in [-0.2, -0.15) is 0 Å². The lowest BCUT2D eigenvalue weighted by Crippen LogP contribution is -2.17. The third kappa shape index (κ3) is 13.5. The third-order valence-electron chi connectivity index (χ3n) is 5.76. The topological polar surface area (TPSA) is 18.5 Å². The molecule has 0 saturated carbocycles. The molecule has 0 unspecified atom stereocenters. The first-order valence-electron chi connectivity index (χ1n) is 12.8. The van der Waals surface area contributed by atoms with Gasteiger partial charge in [-0.1, -0.05) is 125 Å². The van der Waals surface area contributed by atoms with Gasteiger partial charge >= 0.3 is 0 Å². The zero-order chi connectivity index (χ0) is 22.5. The van der Waals surface area contributed by atoms with E-state index in [9.17, 15) is 0 Å². The Kier molecular flexibility index (Phi) is 15.4. The quantitative estimate of drug-likeness (QED) is 0.124. The van der Waals surface area contributed by atoms with E-state index < -0.39 is 0 Å². The van der Waals surface area contributed by atoms with Gasteiger partial charge in [-0.05, 0) is 43.2 Å². The van der Waals surface area contributed by atoms with Crippen LogP contribution >= 0.6 is 0 Å². The Morgan fingerprint density at radius 3 is 1.59 bits per heavy atom. The molecule has 0 bridgehead atoms. The predicted octanol–water partition coefficient (Wildman–Crippen LogP) is 9.00. The van der Waals surface area contributed by atoms with E-state index in [1.807, 2.05) is 12.1 Å². The summed E-state index contributed by atoms with van der Waals surface area (Å²) in [5, 5.41) is 0. The molecule has 2 rings (SSSR count). The van der Waals surface area contributed by atoms with E-state index in [4.69, 9.17) is 9.47 Å². The fourth-order valence-electron chi connectivity index (χ4n) is 3.76. The van der Waals surface area contributed by atoms with Crippen LogP contribution in [-0.4, -0.2) is 6.29 Å². The van der Waals surface area contributed by atoms with Gasteiger partial charge in [-0.25, -0.2) is 0 Å². The summed E-state index contributed by atoms with van der Waals surface area (Å²) in [4.78, 5) is 0. The Morgan fingerprint density at radius 1 is 0.594 bits per heavy atom. The van der Waals surface area contributed by atoms with Crippen molar-refractivity contribution in [3.63, 3.8) is 0 Å². The first-order valence-corrected chi connectivity index (χ1v) is 12.8. The summed E-state index contributed by atoms with van der Waals surface area (Å²) >= 11 is 0. The van der Waals surface area contributed by atoms with Gasteiger partial charge in [-0.3, -0.25) is 0 Å². The van der Waals surface area contributed by atoms with E-state index in [0.717, 1.165) is 12.8 Å². The van der Waals surface area contributed by atoms with Gasteiger partial charge < -0.3 is 9.47 Å². The van der Waals surface area contributed by atoms with E-state index in [1.54, 1.807) is 0 Å². The van der Waals surface area contributed by atoms with Gasteiger partial charge in [0.05, 0.1) is 13.2 Å². The molecule has 0 aromatic heterocycles. The molecule has 2 aromatic rings. The Morgan fingerprint density at radius 2 is 1.06 bits per heavy atom. The van der Waals surface area contributed by atoms with Crippen molar-refractivity contribution in [3.05, 3.63) is 83.9 Å². The molecule has 0 aliphatic heterocycles. The molecule has 0 atom stereocenters. The number of hydrogen-bond donors (Lipinski definition) is 0. The largest absolute Gasteiger partial charge is 0.348 e. The molecule has 0 heterocycles. The highest BCUT2D eigenvalue weighted by molar-refractivity contribution is 5.14. The van der Waals surface area contributed by atoms with Crippen molar-refractivity contribution < 1.29 is 9.47 Å². The van der Waals surface area contributed by atoms with Crippen LogP contribution in [0.3, 0.4) is 0 Å². The van der Waals surface area contributed by atoms with E-state index in [0.29, 0.717) is 13.2 Å². The molecule has 32 heavy (non-hydrogen) atoms. The van der Waals surface area contributed by atoms with E-state index in [-0.39, 0.29) is 6.29 Å². The Balaban J connectivity index is 1.57. The lowest BCUT2D eigenvalue weighted by atomic mass is 10.1. The van der Waals surface area contributed by atoms with Crippen molar-refractivity contribution in [1.29, 1.82) is 0 Å². The zero-order valence-electron chi connectivity index (χ0n) is 20.2. The van der Waals surface area contributed by atoms with Crippen molar-refractivity contribution in [1.82, 2.24) is 0 Å². The summed E-state index contributed by atoms with van der Waals surface area (Å²) in [6.45, 7) is 3.46. The first kappa shape index (κ1) is 26.4. The predicted molar refractivity (Wildman–Crippen MR) is 136 cm³/mol.